The Labute approximate surface area is 127 Å². The Kier molecular flexibility index (Phi) is 2.93. The third-order valence-corrected chi connectivity index (χ3v) is 4.70. The van der Waals surface area contributed by atoms with Crippen molar-refractivity contribution >= 4 is 29.0 Å². The first-order valence-electron chi connectivity index (χ1n) is 7.04. The van der Waals surface area contributed by atoms with Crippen molar-refractivity contribution in [2.75, 3.05) is 11.9 Å². The number of nitrogens with zero attached hydrogens (tertiary/aromatic N) is 2. The van der Waals surface area contributed by atoms with E-state index < -0.39 is 0 Å². The van der Waals surface area contributed by atoms with Gasteiger partial charge in [-0.15, -0.1) is 0 Å². The number of fused-ring (bicyclic) bond motifs is 1. The minimum absolute atomic E-state index is 0.638. The van der Waals surface area contributed by atoms with E-state index in [1.807, 2.05) is 16.8 Å². The average Bonchev–Trinajstić information content (AvgIpc) is 2.89. The molecule has 1 aromatic heterocycles. The second-order valence-corrected chi connectivity index (χ2v) is 6.43. The van der Waals surface area contributed by atoms with E-state index in [0.717, 1.165) is 24.5 Å². The van der Waals surface area contributed by atoms with Crippen molar-refractivity contribution in [2.24, 2.45) is 0 Å². The Hall–Kier alpha value is -1.19. The maximum absolute atomic E-state index is 6.11. The monoisotopic (exact) mass is 307 g/mol. The number of benzene rings is 1. The SMILES string of the molecule is Clc1cc(Cl)cc(-n2nc(C3CCC3)c3c2NCC3)c1. The summed E-state index contributed by atoms with van der Waals surface area (Å²) >= 11 is 12.2. The number of rotatable bonds is 2. The molecule has 0 atom stereocenters. The summed E-state index contributed by atoms with van der Waals surface area (Å²) in [6.07, 6.45) is 4.91. The summed E-state index contributed by atoms with van der Waals surface area (Å²) in [6, 6.07) is 5.56. The summed E-state index contributed by atoms with van der Waals surface area (Å²) in [4.78, 5) is 0. The van der Waals surface area contributed by atoms with Crippen molar-refractivity contribution in [3.63, 3.8) is 0 Å². The zero-order valence-corrected chi connectivity index (χ0v) is 12.5. The minimum atomic E-state index is 0.638. The van der Waals surface area contributed by atoms with E-state index in [4.69, 9.17) is 28.3 Å². The van der Waals surface area contributed by atoms with Crippen molar-refractivity contribution < 1.29 is 0 Å². The van der Waals surface area contributed by atoms with Gasteiger partial charge in [-0.2, -0.15) is 5.10 Å². The fourth-order valence-electron chi connectivity index (χ4n) is 3.06. The van der Waals surface area contributed by atoms with Crippen LogP contribution in [0.1, 0.15) is 36.4 Å². The number of anilines is 1. The molecule has 1 saturated carbocycles. The molecule has 5 heteroatoms. The van der Waals surface area contributed by atoms with Crippen LogP contribution in [0.5, 0.6) is 0 Å². The van der Waals surface area contributed by atoms with Crippen LogP contribution in [0.25, 0.3) is 5.69 Å². The summed E-state index contributed by atoms with van der Waals surface area (Å²) in [6.45, 7) is 0.987. The van der Waals surface area contributed by atoms with Gasteiger partial charge in [-0.1, -0.05) is 29.6 Å². The zero-order chi connectivity index (χ0) is 13.7. The molecular formula is C15H15Cl2N3. The van der Waals surface area contributed by atoms with Crippen molar-refractivity contribution in [1.82, 2.24) is 9.78 Å². The topological polar surface area (TPSA) is 29.9 Å². The molecule has 1 fully saturated rings. The molecule has 2 heterocycles. The third kappa shape index (κ3) is 1.92. The number of aromatic nitrogens is 2. The lowest BCUT2D eigenvalue weighted by atomic mass is 9.81. The van der Waals surface area contributed by atoms with Gasteiger partial charge in [-0.25, -0.2) is 4.68 Å². The van der Waals surface area contributed by atoms with Crippen LogP contribution in [-0.2, 0) is 6.42 Å². The highest BCUT2D eigenvalue weighted by Crippen LogP contribution is 2.41. The van der Waals surface area contributed by atoms with Crippen LogP contribution in [0.15, 0.2) is 18.2 Å². The van der Waals surface area contributed by atoms with Crippen LogP contribution in [-0.4, -0.2) is 16.3 Å². The molecule has 1 N–H and O–H groups in total. The lowest BCUT2D eigenvalue weighted by Crippen LogP contribution is -2.12. The Morgan fingerprint density at radius 1 is 1.15 bits per heavy atom. The molecule has 1 aliphatic carbocycles. The van der Waals surface area contributed by atoms with Gasteiger partial charge < -0.3 is 5.32 Å². The van der Waals surface area contributed by atoms with E-state index in [0.29, 0.717) is 16.0 Å². The van der Waals surface area contributed by atoms with Crippen LogP contribution < -0.4 is 5.32 Å². The van der Waals surface area contributed by atoms with Crippen molar-refractivity contribution in [3.05, 3.63) is 39.5 Å². The number of halogens is 2. The Morgan fingerprint density at radius 2 is 1.90 bits per heavy atom. The standard InChI is InChI=1S/C15H15Cl2N3/c16-10-6-11(17)8-12(7-10)20-15-13(4-5-18-15)14(19-20)9-2-1-3-9/h6-9,18H,1-5H2. The van der Waals surface area contributed by atoms with Gasteiger partial charge in [0.2, 0.25) is 0 Å². The number of hydrogen-bond acceptors (Lipinski definition) is 2. The number of hydrogen-bond donors (Lipinski definition) is 1. The average molecular weight is 308 g/mol. The molecule has 0 saturated heterocycles. The highest BCUT2D eigenvalue weighted by Gasteiger charge is 2.30. The van der Waals surface area contributed by atoms with E-state index in [2.05, 4.69) is 5.32 Å². The molecular weight excluding hydrogens is 293 g/mol. The largest absolute Gasteiger partial charge is 0.369 e. The quantitative estimate of drug-likeness (QED) is 0.890. The molecule has 1 aromatic carbocycles. The first-order valence-corrected chi connectivity index (χ1v) is 7.80. The van der Waals surface area contributed by atoms with Gasteiger partial charge >= 0.3 is 0 Å². The lowest BCUT2D eigenvalue weighted by Gasteiger charge is -2.24. The highest BCUT2D eigenvalue weighted by molar-refractivity contribution is 6.34. The molecule has 1 aliphatic heterocycles. The number of nitrogens with one attached hydrogen (secondary N) is 1. The molecule has 4 rings (SSSR count). The smallest absolute Gasteiger partial charge is 0.133 e. The molecule has 0 bridgehead atoms. The summed E-state index contributed by atoms with van der Waals surface area (Å²) in [5.41, 5.74) is 3.58. The fourth-order valence-corrected chi connectivity index (χ4v) is 3.57. The van der Waals surface area contributed by atoms with Gasteiger partial charge in [-0.05, 0) is 37.5 Å². The Morgan fingerprint density at radius 3 is 2.55 bits per heavy atom. The lowest BCUT2D eigenvalue weighted by molar-refractivity contribution is 0.407. The van der Waals surface area contributed by atoms with E-state index >= 15 is 0 Å². The normalized spacial score (nSPS) is 17.7. The first kappa shape index (κ1) is 12.5. The van der Waals surface area contributed by atoms with Gasteiger partial charge in [0.15, 0.2) is 0 Å². The fraction of sp³-hybridized carbons (Fsp3) is 0.400. The third-order valence-electron chi connectivity index (χ3n) is 4.27. The maximum Gasteiger partial charge on any atom is 0.133 e. The van der Waals surface area contributed by atoms with Crippen LogP contribution in [0.3, 0.4) is 0 Å². The van der Waals surface area contributed by atoms with E-state index in [1.54, 1.807) is 6.07 Å². The maximum atomic E-state index is 6.11. The predicted octanol–water partition coefficient (Wildman–Crippen LogP) is 4.41. The van der Waals surface area contributed by atoms with Crippen LogP contribution in [0, 0.1) is 0 Å². The molecule has 0 spiro atoms. The van der Waals surface area contributed by atoms with E-state index in [1.165, 1.54) is 30.5 Å². The predicted molar refractivity (Wildman–Crippen MR) is 82.4 cm³/mol. The Balaban J connectivity index is 1.85. The van der Waals surface area contributed by atoms with Gasteiger partial charge in [0.25, 0.3) is 0 Å². The van der Waals surface area contributed by atoms with Gasteiger partial charge in [-0.3, -0.25) is 0 Å². The summed E-state index contributed by atoms with van der Waals surface area (Å²) in [5, 5.41) is 9.56. The first-order chi connectivity index (χ1) is 9.72. The summed E-state index contributed by atoms with van der Waals surface area (Å²) in [5.74, 6) is 1.75. The molecule has 20 heavy (non-hydrogen) atoms. The van der Waals surface area contributed by atoms with Crippen molar-refractivity contribution in [3.8, 4) is 5.69 Å². The minimum Gasteiger partial charge on any atom is -0.369 e. The molecule has 3 nitrogen and oxygen atoms in total. The van der Waals surface area contributed by atoms with E-state index in [9.17, 15) is 0 Å². The van der Waals surface area contributed by atoms with Crippen LogP contribution >= 0.6 is 23.2 Å². The molecule has 2 aliphatic rings. The van der Waals surface area contributed by atoms with Crippen molar-refractivity contribution in [2.45, 2.75) is 31.6 Å². The molecule has 104 valence electrons. The molecule has 0 amide bonds. The summed E-state index contributed by atoms with van der Waals surface area (Å²) in [7, 11) is 0. The molecule has 2 aromatic rings. The second-order valence-electron chi connectivity index (χ2n) is 5.56. The van der Waals surface area contributed by atoms with Gasteiger partial charge in [0.1, 0.15) is 5.82 Å². The highest BCUT2D eigenvalue weighted by atomic mass is 35.5. The van der Waals surface area contributed by atoms with Gasteiger partial charge in [0.05, 0.1) is 11.4 Å². The zero-order valence-electron chi connectivity index (χ0n) is 11.0. The van der Waals surface area contributed by atoms with Gasteiger partial charge in [0, 0.05) is 28.1 Å². The summed E-state index contributed by atoms with van der Waals surface area (Å²) < 4.78 is 1.97. The van der Waals surface area contributed by atoms with Crippen LogP contribution in [0.2, 0.25) is 10.0 Å². The molecule has 0 radical (unpaired) electrons. The van der Waals surface area contributed by atoms with E-state index in [-0.39, 0.29) is 0 Å². The molecule has 0 unspecified atom stereocenters. The Bertz CT molecular complexity index is 654. The second kappa shape index (κ2) is 4.68. The van der Waals surface area contributed by atoms with Crippen LogP contribution in [0.4, 0.5) is 5.82 Å². The van der Waals surface area contributed by atoms with Crippen molar-refractivity contribution in [1.29, 1.82) is 0 Å².